The normalized spacial score (nSPS) is 14.1. The van der Waals surface area contributed by atoms with Gasteiger partial charge in [0.1, 0.15) is 0 Å². The van der Waals surface area contributed by atoms with Gasteiger partial charge in [0.15, 0.2) is 0 Å². The van der Waals surface area contributed by atoms with Crippen LogP contribution in [0.1, 0.15) is 67.2 Å². The zero-order valence-corrected chi connectivity index (χ0v) is 17.3. The number of rotatable bonds is 10. The van der Waals surface area contributed by atoms with Gasteiger partial charge in [-0.3, -0.25) is 4.79 Å². The highest BCUT2D eigenvalue weighted by Crippen LogP contribution is 2.51. The lowest BCUT2D eigenvalue weighted by Crippen LogP contribution is -2.21. The van der Waals surface area contributed by atoms with Crippen LogP contribution in [0.5, 0.6) is 0 Å². The molecule has 1 unspecified atom stereocenters. The van der Waals surface area contributed by atoms with Gasteiger partial charge in [-0.05, 0) is 79.4 Å². The van der Waals surface area contributed by atoms with Crippen LogP contribution in [0.2, 0.25) is 0 Å². The molecular weight excluding hydrogens is 335 g/mol. The number of carbonyl (C=O) groups is 1. The summed E-state index contributed by atoms with van der Waals surface area (Å²) in [6.45, 7) is 11.7. The molecule has 3 N–H and O–H groups in total. The fourth-order valence-electron chi connectivity index (χ4n) is 2.28. The third-order valence-corrected chi connectivity index (χ3v) is 4.83. The maximum absolute atomic E-state index is 12.4. The minimum Gasteiger partial charge on any atom is -0.290 e. The third kappa shape index (κ3) is 12.0. The van der Waals surface area contributed by atoms with Crippen molar-refractivity contribution in [3.63, 3.8) is 0 Å². The Labute approximate surface area is 153 Å². The molecule has 0 aromatic rings. The van der Waals surface area contributed by atoms with Gasteiger partial charge in [0, 0.05) is 0 Å². The van der Waals surface area contributed by atoms with E-state index in [2.05, 4.69) is 12.2 Å². The summed E-state index contributed by atoms with van der Waals surface area (Å²) in [6, 6.07) is 0. The quantitative estimate of drug-likeness (QED) is 0.286. The minimum absolute atomic E-state index is 0.461. The molecule has 0 aliphatic rings. The molecule has 0 amide bonds. The summed E-state index contributed by atoms with van der Waals surface area (Å²) in [5, 5.41) is 0. The summed E-state index contributed by atoms with van der Waals surface area (Å²) >= 11 is 0. The Morgan fingerprint density at radius 2 is 1.28 bits per heavy atom. The SMILES string of the molecule is CC(C)=CCCC(C)=CC(=O)C(C=C(C)CCC=C(C)C)[P+](O)(O)O. The Morgan fingerprint density at radius 3 is 1.68 bits per heavy atom. The molecule has 0 aliphatic heterocycles. The second kappa shape index (κ2) is 11.5. The van der Waals surface area contributed by atoms with Crippen molar-refractivity contribution in [3.8, 4) is 0 Å². The molecule has 4 nitrogen and oxygen atoms in total. The Bertz CT molecular complexity index is 555. The Kier molecular flexibility index (Phi) is 11.0. The van der Waals surface area contributed by atoms with Crippen LogP contribution >= 0.6 is 7.94 Å². The van der Waals surface area contributed by atoms with E-state index in [1.54, 1.807) is 0 Å². The summed E-state index contributed by atoms with van der Waals surface area (Å²) in [7, 11) is -4.28. The van der Waals surface area contributed by atoms with Gasteiger partial charge in [0.2, 0.25) is 11.4 Å². The van der Waals surface area contributed by atoms with Gasteiger partial charge in [-0.15, -0.1) is 0 Å². The van der Waals surface area contributed by atoms with E-state index < -0.39 is 19.4 Å². The van der Waals surface area contributed by atoms with E-state index in [9.17, 15) is 19.5 Å². The molecule has 25 heavy (non-hydrogen) atoms. The van der Waals surface area contributed by atoms with E-state index in [0.29, 0.717) is 6.42 Å². The summed E-state index contributed by atoms with van der Waals surface area (Å²) < 4.78 is 0. The summed E-state index contributed by atoms with van der Waals surface area (Å²) in [5.41, 5.74) is 2.86. The molecule has 0 rings (SSSR count). The highest BCUT2D eigenvalue weighted by atomic mass is 31.2. The topological polar surface area (TPSA) is 77.8 Å². The average Bonchev–Trinajstić information content (AvgIpc) is 2.42. The van der Waals surface area contributed by atoms with Crippen molar-refractivity contribution in [2.75, 3.05) is 0 Å². The summed E-state index contributed by atoms with van der Waals surface area (Å²) in [4.78, 5) is 41.4. The van der Waals surface area contributed by atoms with Gasteiger partial charge in [0.25, 0.3) is 0 Å². The second-order valence-corrected chi connectivity index (χ2v) is 8.89. The van der Waals surface area contributed by atoms with Crippen LogP contribution in [-0.2, 0) is 4.79 Å². The number of hydrogen-bond donors (Lipinski definition) is 3. The van der Waals surface area contributed by atoms with Crippen molar-refractivity contribution in [1.29, 1.82) is 0 Å². The zero-order valence-electron chi connectivity index (χ0n) is 16.4. The predicted molar refractivity (Wildman–Crippen MR) is 107 cm³/mol. The lowest BCUT2D eigenvalue weighted by molar-refractivity contribution is -0.114. The van der Waals surface area contributed by atoms with E-state index in [4.69, 9.17) is 0 Å². The first-order chi connectivity index (χ1) is 11.4. The van der Waals surface area contributed by atoms with Crippen molar-refractivity contribution < 1.29 is 19.5 Å². The van der Waals surface area contributed by atoms with Crippen molar-refractivity contribution in [2.24, 2.45) is 0 Å². The fourth-order valence-corrected chi connectivity index (χ4v) is 3.15. The molecule has 5 heteroatoms. The zero-order chi connectivity index (χ0) is 19.6. The molecule has 0 aromatic carbocycles. The van der Waals surface area contributed by atoms with Crippen LogP contribution in [0.15, 0.2) is 46.6 Å². The number of carbonyl (C=O) groups excluding carboxylic acids is 1. The van der Waals surface area contributed by atoms with E-state index in [-0.39, 0.29) is 0 Å². The predicted octanol–water partition coefficient (Wildman–Crippen LogP) is 5.05. The second-order valence-electron chi connectivity index (χ2n) is 7.11. The summed E-state index contributed by atoms with van der Waals surface area (Å²) in [5.74, 6) is -0.461. The first-order valence-corrected chi connectivity index (χ1v) is 10.4. The van der Waals surface area contributed by atoms with E-state index >= 15 is 0 Å². The molecule has 0 radical (unpaired) electrons. The molecule has 0 heterocycles. The largest absolute Gasteiger partial charge is 0.419 e. The van der Waals surface area contributed by atoms with Crippen molar-refractivity contribution >= 4 is 13.7 Å². The highest BCUT2D eigenvalue weighted by Gasteiger charge is 2.45. The maximum Gasteiger partial charge on any atom is 0.419 e. The first kappa shape index (κ1) is 23.9. The average molecular weight is 369 g/mol. The molecule has 0 bridgehead atoms. The first-order valence-electron chi connectivity index (χ1n) is 8.65. The Morgan fingerprint density at radius 1 is 0.840 bits per heavy atom. The van der Waals surface area contributed by atoms with Crippen LogP contribution < -0.4 is 0 Å². The number of hydrogen-bond acceptors (Lipinski definition) is 4. The van der Waals surface area contributed by atoms with Crippen LogP contribution in [0, 0.1) is 0 Å². The molecule has 0 fully saturated rings. The van der Waals surface area contributed by atoms with Crippen LogP contribution in [0.4, 0.5) is 0 Å². The number of allylic oxidation sites excluding steroid dienone is 8. The fraction of sp³-hybridized carbons (Fsp3) is 0.550. The molecule has 142 valence electrons. The monoisotopic (exact) mass is 369 g/mol. The highest BCUT2D eigenvalue weighted by molar-refractivity contribution is 7.60. The van der Waals surface area contributed by atoms with Crippen molar-refractivity contribution in [2.45, 2.75) is 72.9 Å². The molecule has 0 aromatic heterocycles. The van der Waals surface area contributed by atoms with E-state index in [0.717, 1.165) is 30.4 Å². The van der Waals surface area contributed by atoms with Gasteiger partial charge in [-0.2, -0.15) is 14.7 Å². The Balaban J connectivity index is 5.11. The van der Waals surface area contributed by atoms with Gasteiger partial charge >= 0.3 is 7.94 Å². The van der Waals surface area contributed by atoms with Crippen molar-refractivity contribution in [3.05, 3.63) is 46.6 Å². The molecule has 0 spiro atoms. The minimum atomic E-state index is -4.28. The van der Waals surface area contributed by atoms with E-state index in [1.807, 2.05) is 41.5 Å². The van der Waals surface area contributed by atoms with Crippen molar-refractivity contribution in [1.82, 2.24) is 0 Å². The Hall–Kier alpha value is -1.06. The lowest BCUT2D eigenvalue weighted by atomic mass is 10.1. The molecule has 1 atom stereocenters. The molecule has 0 saturated heterocycles. The van der Waals surface area contributed by atoms with Gasteiger partial charge in [-0.1, -0.05) is 34.4 Å². The number of ketones is 1. The van der Waals surface area contributed by atoms with Gasteiger partial charge in [0.05, 0.1) is 0 Å². The third-order valence-electron chi connectivity index (χ3n) is 3.68. The van der Waals surface area contributed by atoms with Crippen LogP contribution in [0.3, 0.4) is 0 Å². The molecule has 0 aliphatic carbocycles. The molecular formula is C20H34O4P+. The van der Waals surface area contributed by atoms with Crippen LogP contribution in [-0.4, -0.2) is 26.1 Å². The van der Waals surface area contributed by atoms with Crippen LogP contribution in [0.25, 0.3) is 0 Å². The maximum atomic E-state index is 12.4. The molecule has 0 saturated carbocycles. The smallest absolute Gasteiger partial charge is 0.290 e. The standard InChI is InChI=1S/C20H34O4P/c1-15(2)9-7-11-17(5)13-19(21)20(25(22,23)24)14-18(6)12-8-10-16(3)4/h9-10,13-14,20,22-24H,7-8,11-12H2,1-6H3/q+1. The summed E-state index contributed by atoms with van der Waals surface area (Å²) in [6.07, 6.45) is 10.2. The van der Waals surface area contributed by atoms with E-state index in [1.165, 1.54) is 23.3 Å². The van der Waals surface area contributed by atoms with Gasteiger partial charge < -0.3 is 0 Å². The van der Waals surface area contributed by atoms with Gasteiger partial charge in [-0.25, -0.2) is 0 Å². The lowest BCUT2D eigenvalue weighted by Gasteiger charge is -2.13.